The summed E-state index contributed by atoms with van der Waals surface area (Å²) in [6, 6.07) is 0. The summed E-state index contributed by atoms with van der Waals surface area (Å²) in [7, 11) is 0. The number of rotatable bonds is 0. The number of ether oxygens (including phenoxy) is 8. The van der Waals surface area contributed by atoms with Crippen LogP contribution in [0.25, 0.3) is 0 Å². The van der Waals surface area contributed by atoms with Gasteiger partial charge in [0.25, 0.3) is 0 Å². The van der Waals surface area contributed by atoms with E-state index in [4.69, 9.17) is 37.9 Å². The zero-order valence-corrected chi connectivity index (χ0v) is 23.0. The first-order valence-electron chi connectivity index (χ1n) is 14.0. The Balaban J connectivity index is 1.30. The minimum atomic E-state index is -1.71. The van der Waals surface area contributed by atoms with Gasteiger partial charge in [0, 0.05) is 0 Å². The van der Waals surface area contributed by atoms with E-state index in [2.05, 4.69) is 0 Å². The standard InChI is InChI=1S/C24H40O20/c25-5-1-37-21-13(33)10(30)18(42-21)6(26)2-39-23-15(35)12(32)20(44-23)8(28)4-40-24-16(36)11(31)19(43-24)7(27)3-38-22-14(34)9(29)17(5)41-22/h5-36H,1-4H2/t5-,6-,7-,8-,9-,10-,11-,12-,13-,14-,15-,16-,17+,18+,19+,20+,21-,22-,23-,24-/m1/s1. The van der Waals surface area contributed by atoms with Crippen molar-refractivity contribution >= 4 is 0 Å². The largest absolute Gasteiger partial charge is 0.388 e. The van der Waals surface area contributed by atoms with E-state index in [-0.39, 0.29) is 0 Å². The fourth-order valence-corrected chi connectivity index (χ4v) is 5.66. The summed E-state index contributed by atoms with van der Waals surface area (Å²) in [5, 5.41) is 125. The molecule has 5 rings (SSSR count). The van der Waals surface area contributed by atoms with Gasteiger partial charge in [-0.15, -0.1) is 0 Å². The van der Waals surface area contributed by atoms with Gasteiger partial charge in [0.15, 0.2) is 25.2 Å². The second-order valence-corrected chi connectivity index (χ2v) is 11.4. The molecule has 0 aromatic rings. The van der Waals surface area contributed by atoms with Crippen molar-refractivity contribution in [2.24, 2.45) is 0 Å². The smallest absolute Gasteiger partial charge is 0.186 e. The Morgan fingerprint density at radius 3 is 0.636 bits per heavy atom. The Kier molecular flexibility index (Phi) is 11.1. The van der Waals surface area contributed by atoms with Gasteiger partial charge < -0.3 is 99.2 Å². The molecule has 20 heteroatoms. The summed E-state index contributed by atoms with van der Waals surface area (Å²) in [6.07, 6.45) is -32.6. The molecule has 8 bridgehead atoms. The van der Waals surface area contributed by atoms with E-state index < -0.39 is 149 Å². The van der Waals surface area contributed by atoms with Gasteiger partial charge in [-0.2, -0.15) is 0 Å². The predicted molar refractivity (Wildman–Crippen MR) is 131 cm³/mol. The summed E-state index contributed by atoms with van der Waals surface area (Å²) in [5.74, 6) is 0. The summed E-state index contributed by atoms with van der Waals surface area (Å²) < 4.78 is 42.8. The van der Waals surface area contributed by atoms with Crippen LogP contribution < -0.4 is 0 Å². The van der Waals surface area contributed by atoms with Gasteiger partial charge in [0.1, 0.15) is 97.7 Å². The molecule has 0 radical (unpaired) electrons. The molecule has 0 unspecified atom stereocenters. The number of hydrogen-bond acceptors (Lipinski definition) is 20. The Hall–Kier alpha value is -0.800. The zero-order valence-electron chi connectivity index (χ0n) is 23.0. The molecule has 256 valence electrons. The topological polar surface area (TPSA) is 317 Å². The van der Waals surface area contributed by atoms with E-state index in [1.807, 2.05) is 0 Å². The minimum Gasteiger partial charge on any atom is -0.388 e. The van der Waals surface area contributed by atoms with E-state index in [0.29, 0.717) is 0 Å². The molecular formula is C24H40O20. The average molecular weight is 649 g/mol. The van der Waals surface area contributed by atoms with E-state index >= 15 is 0 Å². The first-order valence-corrected chi connectivity index (χ1v) is 14.0. The lowest BCUT2D eigenvalue weighted by molar-refractivity contribution is -0.233. The highest BCUT2D eigenvalue weighted by molar-refractivity contribution is 4.96. The fourth-order valence-electron chi connectivity index (χ4n) is 5.66. The van der Waals surface area contributed by atoms with E-state index in [0.717, 1.165) is 0 Å². The van der Waals surface area contributed by atoms with Crippen molar-refractivity contribution in [2.75, 3.05) is 26.4 Å². The zero-order chi connectivity index (χ0) is 32.0. The summed E-state index contributed by atoms with van der Waals surface area (Å²) in [4.78, 5) is 0. The maximum Gasteiger partial charge on any atom is 0.186 e. The fraction of sp³-hybridized carbons (Fsp3) is 1.00. The molecule has 5 aliphatic rings. The first kappa shape index (κ1) is 34.5. The van der Waals surface area contributed by atoms with Crippen LogP contribution in [0.5, 0.6) is 0 Å². The molecule has 44 heavy (non-hydrogen) atoms. The van der Waals surface area contributed by atoms with Gasteiger partial charge in [-0.05, 0) is 0 Å². The monoisotopic (exact) mass is 648 g/mol. The lowest BCUT2D eigenvalue weighted by Crippen LogP contribution is -2.43. The molecule has 12 N–H and O–H groups in total. The number of aliphatic hydroxyl groups excluding tert-OH is 12. The molecule has 5 heterocycles. The van der Waals surface area contributed by atoms with Crippen LogP contribution in [-0.2, 0) is 37.9 Å². The van der Waals surface area contributed by atoms with Gasteiger partial charge in [-0.1, -0.05) is 0 Å². The van der Waals surface area contributed by atoms with Crippen molar-refractivity contribution in [3.8, 4) is 0 Å². The van der Waals surface area contributed by atoms with Crippen LogP contribution in [0, 0.1) is 0 Å². The summed E-state index contributed by atoms with van der Waals surface area (Å²) in [5.41, 5.74) is 0. The van der Waals surface area contributed by atoms with Crippen molar-refractivity contribution in [2.45, 2.75) is 123 Å². The average Bonchev–Trinajstić information content (AvgIpc) is 3.66. The van der Waals surface area contributed by atoms with Crippen LogP contribution in [0.15, 0.2) is 0 Å². The van der Waals surface area contributed by atoms with Crippen molar-refractivity contribution in [1.82, 2.24) is 0 Å². The van der Waals surface area contributed by atoms with Gasteiger partial charge in [-0.25, -0.2) is 0 Å². The van der Waals surface area contributed by atoms with Crippen LogP contribution in [-0.4, -0.2) is 211 Å². The van der Waals surface area contributed by atoms with Crippen LogP contribution in [0.1, 0.15) is 0 Å². The molecule has 0 aromatic carbocycles. The second kappa shape index (κ2) is 14.1. The lowest BCUT2D eigenvalue weighted by Gasteiger charge is -2.25. The number of fused-ring (bicyclic) bond motifs is 8. The minimum absolute atomic E-state index is 0.664. The SMILES string of the molecule is O[C@@H]1[C@@H](O)[C@@H]2OC[C@@H](O)[C@@H]3O[C@@H](OC[C@@H](O)[C@@H]4O[C@@H](OC[C@@H](O)[C@@H]5O[C@@H](OC[C@@H](O)[C@@H]1O2)[C@H](O)[C@H]5O)[C@H](O)[C@H]4O)[C@H](O)[C@H]3O. The van der Waals surface area contributed by atoms with Crippen LogP contribution in [0.3, 0.4) is 0 Å². The molecule has 0 aromatic heterocycles. The van der Waals surface area contributed by atoms with Crippen molar-refractivity contribution < 1.29 is 99.2 Å². The normalized spacial score (nSPS) is 56.5. The van der Waals surface area contributed by atoms with Crippen LogP contribution >= 0.6 is 0 Å². The molecule has 20 atom stereocenters. The third-order valence-corrected chi connectivity index (χ3v) is 8.27. The maximum absolute atomic E-state index is 10.5. The molecule has 0 saturated carbocycles. The lowest BCUT2D eigenvalue weighted by atomic mass is 10.1. The number of hydrogen-bond donors (Lipinski definition) is 12. The van der Waals surface area contributed by atoms with Gasteiger partial charge >= 0.3 is 0 Å². The molecule has 0 aliphatic carbocycles. The van der Waals surface area contributed by atoms with Gasteiger partial charge in [0.2, 0.25) is 0 Å². The molecule has 20 nitrogen and oxygen atoms in total. The second-order valence-electron chi connectivity index (χ2n) is 11.4. The van der Waals surface area contributed by atoms with Crippen molar-refractivity contribution in [1.29, 1.82) is 0 Å². The third-order valence-electron chi connectivity index (χ3n) is 8.27. The van der Waals surface area contributed by atoms with E-state index in [9.17, 15) is 61.3 Å². The Labute approximate surface area is 249 Å². The Morgan fingerprint density at radius 1 is 0.273 bits per heavy atom. The van der Waals surface area contributed by atoms with Crippen LogP contribution in [0.2, 0.25) is 0 Å². The molecular weight excluding hydrogens is 608 g/mol. The summed E-state index contributed by atoms with van der Waals surface area (Å²) >= 11 is 0. The quantitative estimate of drug-likeness (QED) is 0.116. The molecule has 5 aliphatic heterocycles. The molecule has 5 saturated heterocycles. The highest BCUT2D eigenvalue weighted by atomic mass is 16.7. The highest BCUT2D eigenvalue weighted by Crippen LogP contribution is 2.31. The number of aliphatic hydroxyl groups is 12. The third kappa shape index (κ3) is 6.77. The van der Waals surface area contributed by atoms with Crippen molar-refractivity contribution in [3.05, 3.63) is 0 Å². The maximum atomic E-state index is 10.5. The molecule has 0 spiro atoms. The van der Waals surface area contributed by atoms with Crippen LogP contribution in [0.4, 0.5) is 0 Å². The summed E-state index contributed by atoms with van der Waals surface area (Å²) in [6.45, 7) is -2.66. The van der Waals surface area contributed by atoms with E-state index in [1.165, 1.54) is 0 Å². The van der Waals surface area contributed by atoms with Gasteiger partial charge in [0.05, 0.1) is 26.4 Å². The highest BCUT2D eigenvalue weighted by Gasteiger charge is 2.52. The first-order chi connectivity index (χ1) is 20.8. The Bertz CT molecular complexity index is 788. The van der Waals surface area contributed by atoms with Crippen molar-refractivity contribution in [3.63, 3.8) is 0 Å². The molecule has 5 fully saturated rings. The Morgan fingerprint density at radius 2 is 0.455 bits per heavy atom. The van der Waals surface area contributed by atoms with E-state index in [1.54, 1.807) is 0 Å². The van der Waals surface area contributed by atoms with Gasteiger partial charge in [-0.3, -0.25) is 0 Å². The molecule has 0 amide bonds. The predicted octanol–water partition coefficient (Wildman–Crippen LogP) is -8.70.